The number of nitrogens with one attached hydrogen (secondary N) is 3. The number of carbonyl (C=O) groups excluding carboxylic acids is 1. The van der Waals surface area contributed by atoms with E-state index in [2.05, 4.69) is 26.7 Å². The summed E-state index contributed by atoms with van der Waals surface area (Å²) in [7, 11) is 0. The van der Waals surface area contributed by atoms with Crippen molar-refractivity contribution in [2.75, 3.05) is 6.54 Å². The average molecular weight is 270 g/mol. The van der Waals surface area contributed by atoms with Crippen LogP contribution in [0.4, 0.5) is 0 Å². The van der Waals surface area contributed by atoms with Gasteiger partial charge in [-0.15, -0.1) is 0 Å². The van der Waals surface area contributed by atoms with Crippen molar-refractivity contribution in [2.45, 2.75) is 25.4 Å². The largest absolute Gasteiger partial charge is 0.347 e. The molecule has 0 bridgehead atoms. The molecule has 0 fully saturated rings. The van der Waals surface area contributed by atoms with E-state index in [-0.39, 0.29) is 17.9 Å². The summed E-state index contributed by atoms with van der Waals surface area (Å²) in [5, 5.41) is 6.32. The number of hydrogen-bond donors (Lipinski definition) is 3. The number of imidazole rings is 1. The fraction of sp³-hybridized carbons (Fsp3) is 0.333. The van der Waals surface area contributed by atoms with Crippen LogP contribution >= 0.6 is 0 Å². The van der Waals surface area contributed by atoms with Gasteiger partial charge in [0, 0.05) is 25.5 Å². The Morgan fingerprint density at radius 2 is 2.30 bits per heavy atom. The molecule has 2 aromatic rings. The molecular formula is C15H18N4O. The van der Waals surface area contributed by atoms with Crippen molar-refractivity contribution < 1.29 is 4.79 Å². The third-order valence-corrected chi connectivity index (χ3v) is 3.70. The van der Waals surface area contributed by atoms with Crippen LogP contribution in [0.5, 0.6) is 0 Å². The summed E-state index contributed by atoms with van der Waals surface area (Å²) >= 11 is 0. The van der Waals surface area contributed by atoms with E-state index in [9.17, 15) is 4.79 Å². The first-order valence-electron chi connectivity index (χ1n) is 6.84. The predicted octanol–water partition coefficient (Wildman–Crippen LogP) is 1.47. The summed E-state index contributed by atoms with van der Waals surface area (Å²) in [4.78, 5) is 19.7. The van der Waals surface area contributed by atoms with Crippen molar-refractivity contribution in [1.82, 2.24) is 20.6 Å². The van der Waals surface area contributed by atoms with Gasteiger partial charge in [0.25, 0.3) is 0 Å². The maximum absolute atomic E-state index is 12.5. The minimum atomic E-state index is -0.141. The molecule has 1 aliphatic rings. The quantitative estimate of drug-likeness (QED) is 0.791. The second-order valence-corrected chi connectivity index (χ2v) is 5.09. The number of H-pyrrole nitrogens is 1. The number of carbonyl (C=O) groups is 1. The van der Waals surface area contributed by atoms with Crippen LogP contribution in [-0.2, 0) is 11.3 Å². The maximum atomic E-state index is 12.5. The summed E-state index contributed by atoms with van der Waals surface area (Å²) in [6, 6.07) is 7.98. The summed E-state index contributed by atoms with van der Waals surface area (Å²) < 4.78 is 0. The monoisotopic (exact) mass is 270 g/mol. The minimum Gasteiger partial charge on any atom is -0.347 e. The van der Waals surface area contributed by atoms with Gasteiger partial charge in [-0.05, 0) is 18.1 Å². The molecule has 3 rings (SSSR count). The van der Waals surface area contributed by atoms with Gasteiger partial charge in [-0.25, -0.2) is 4.98 Å². The zero-order valence-corrected chi connectivity index (χ0v) is 11.4. The van der Waals surface area contributed by atoms with Crippen molar-refractivity contribution >= 4 is 5.91 Å². The fourth-order valence-corrected chi connectivity index (χ4v) is 2.63. The SMILES string of the molecule is CC(NC(=O)C1CNCc2ccccc21)c1ncc[nH]1. The lowest BCUT2D eigenvalue weighted by Crippen LogP contribution is -2.39. The van der Waals surface area contributed by atoms with Crippen molar-refractivity contribution in [1.29, 1.82) is 0 Å². The highest BCUT2D eigenvalue weighted by atomic mass is 16.2. The number of aromatic nitrogens is 2. The first-order chi connectivity index (χ1) is 9.75. The van der Waals surface area contributed by atoms with Crippen molar-refractivity contribution in [3.8, 4) is 0 Å². The Bertz CT molecular complexity index is 594. The Labute approximate surface area is 117 Å². The highest BCUT2D eigenvalue weighted by Gasteiger charge is 2.27. The van der Waals surface area contributed by atoms with Crippen molar-refractivity contribution in [3.63, 3.8) is 0 Å². The van der Waals surface area contributed by atoms with Crippen LogP contribution in [0.15, 0.2) is 36.7 Å². The molecule has 5 heteroatoms. The van der Waals surface area contributed by atoms with Gasteiger partial charge >= 0.3 is 0 Å². The van der Waals surface area contributed by atoms with Crippen LogP contribution in [0.2, 0.25) is 0 Å². The standard InChI is InChI=1S/C15H18N4O/c1-10(14-17-6-7-18-14)19-15(20)13-9-16-8-11-4-2-3-5-12(11)13/h2-7,10,13,16H,8-9H2,1H3,(H,17,18)(H,19,20). The van der Waals surface area contributed by atoms with E-state index in [1.165, 1.54) is 5.56 Å². The molecular weight excluding hydrogens is 252 g/mol. The zero-order valence-electron chi connectivity index (χ0n) is 11.4. The van der Waals surface area contributed by atoms with Gasteiger partial charge in [0.15, 0.2) is 0 Å². The van der Waals surface area contributed by atoms with Gasteiger partial charge < -0.3 is 15.6 Å². The summed E-state index contributed by atoms with van der Waals surface area (Å²) in [5.74, 6) is 0.668. The number of nitrogens with zero attached hydrogens (tertiary/aromatic N) is 1. The predicted molar refractivity (Wildman–Crippen MR) is 76.0 cm³/mol. The second kappa shape index (κ2) is 5.46. The van der Waals surface area contributed by atoms with E-state index in [0.717, 1.165) is 17.9 Å². The molecule has 1 aromatic carbocycles. The minimum absolute atomic E-state index is 0.0357. The first kappa shape index (κ1) is 12.9. The molecule has 1 amide bonds. The molecule has 2 heterocycles. The number of rotatable bonds is 3. The second-order valence-electron chi connectivity index (χ2n) is 5.09. The number of aromatic amines is 1. The van der Waals surface area contributed by atoms with Crippen LogP contribution in [0.3, 0.4) is 0 Å². The summed E-state index contributed by atoms with van der Waals surface area (Å²) in [6.45, 7) is 3.43. The van der Waals surface area contributed by atoms with Gasteiger partial charge in [0.2, 0.25) is 5.91 Å². The lowest BCUT2D eigenvalue weighted by molar-refractivity contribution is -0.123. The molecule has 3 N–H and O–H groups in total. The Hall–Kier alpha value is -2.14. The molecule has 0 saturated heterocycles. The Balaban J connectivity index is 1.75. The lowest BCUT2D eigenvalue weighted by atomic mass is 9.90. The Kier molecular flexibility index (Phi) is 3.52. The highest BCUT2D eigenvalue weighted by Crippen LogP contribution is 2.24. The Morgan fingerprint density at radius 3 is 3.10 bits per heavy atom. The maximum Gasteiger partial charge on any atom is 0.229 e. The van der Waals surface area contributed by atoms with Crippen LogP contribution in [0.25, 0.3) is 0 Å². The fourth-order valence-electron chi connectivity index (χ4n) is 2.63. The molecule has 0 saturated carbocycles. The first-order valence-corrected chi connectivity index (χ1v) is 6.84. The molecule has 0 radical (unpaired) electrons. The van der Waals surface area contributed by atoms with Crippen LogP contribution in [-0.4, -0.2) is 22.4 Å². The van der Waals surface area contributed by atoms with E-state index in [4.69, 9.17) is 0 Å². The zero-order chi connectivity index (χ0) is 13.9. The molecule has 20 heavy (non-hydrogen) atoms. The van der Waals surface area contributed by atoms with Crippen LogP contribution in [0.1, 0.15) is 35.8 Å². The summed E-state index contributed by atoms with van der Waals surface area (Å²) in [5.41, 5.74) is 2.32. The van der Waals surface area contributed by atoms with E-state index in [0.29, 0.717) is 6.54 Å². The van der Waals surface area contributed by atoms with Gasteiger partial charge in [-0.2, -0.15) is 0 Å². The Morgan fingerprint density at radius 1 is 1.45 bits per heavy atom. The molecule has 0 spiro atoms. The van der Waals surface area contributed by atoms with Crippen molar-refractivity contribution in [3.05, 3.63) is 53.6 Å². The average Bonchev–Trinajstić information content (AvgIpc) is 3.01. The molecule has 104 valence electrons. The topological polar surface area (TPSA) is 69.8 Å². The molecule has 0 aliphatic carbocycles. The number of fused-ring (bicyclic) bond motifs is 1. The molecule has 5 nitrogen and oxygen atoms in total. The lowest BCUT2D eigenvalue weighted by Gasteiger charge is -2.26. The summed E-state index contributed by atoms with van der Waals surface area (Å²) in [6.07, 6.45) is 3.45. The number of benzene rings is 1. The van der Waals surface area contributed by atoms with Gasteiger partial charge in [-0.3, -0.25) is 4.79 Å². The molecule has 1 aliphatic heterocycles. The normalized spacial score (nSPS) is 19.1. The molecule has 2 atom stereocenters. The third kappa shape index (κ3) is 2.44. The van der Waals surface area contributed by atoms with E-state index in [1.807, 2.05) is 25.1 Å². The van der Waals surface area contributed by atoms with E-state index < -0.39 is 0 Å². The van der Waals surface area contributed by atoms with Gasteiger partial charge in [0.1, 0.15) is 5.82 Å². The van der Waals surface area contributed by atoms with E-state index in [1.54, 1.807) is 12.4 Å². The molecule has 1 aromatic heterocycles. The third-order valence-electron chi connectivity index (χ3n) is 3.70. The smallest absolute Gasteiger partial charge is 0.229 e. The van der Waals surface area contributed by atoms with Crippen LogP contribution in [0, 0.1) is 0 Å². The van der Waals surface area contributed by atoms with Gasteiger partial charge in [0.05, 0.1) is 12.0 Å². The van der Waals surface area contributed by atoms with E-state index >= 15 is 0 Å². The highest BCUT2D eigenvalue weighted by molar-refractivity contribution is 5.85. The van der Waals surface area contributed by atoms with Crippen molar-refractivity contribution in [2.24, 2.45) is 0 Å². The number of hydrogen-bond acceptors (Lipinski definition) is 3. The number of amides is 1. The van der Waals surface area contributed by atoms with Crippen LogP contribution < -0.4 is 10.6 Å². The molecule has 2 unspecified atom stereocenters. The van der Waals surface area contributed by atoms with Gasteiger partial charge in [-0.1, -0.05) is 24.3 Å².